The number of rotatable bonds is 3. The summed E-state index contributed by atoms with van der Waals surface area (Å²) in [4.78, 5) is 11.5. The summed E-state index contributed by atoms with van der Waals surface area (Å²) in [5.74, 6) is 0.0846. The summed E-state index contributed by atoms with van der Waals surface area (Å²) < 4.78 is 0. The van der Waals surface area contributed by atoms with Gasteiger partial charge in [-0.2, -0.15) is 0 Å². The van der Waals surface area contributed by atoms with Gasteiger partial charge >= 0.3 is 0 Å². The summed E-state index contributed by atoms with van der Waals surface area (Å²) in [6, 6.07) is 8.98. The first-order valence-electron chi connectivity index (χ1n) is 4.47. The molecule has 78 valence electrons. The molecule has 0 aliphatic heterocycles. The van der Waals surface area contributed by atoms with Crippen molar-refractivity contribution in [3.63, 3.8) is 0 Å². The Labute approximate surface area is 90.9 Å². The van der Waals surface area contributed by atoms with E-state index in [1.54, 1.807) is 0 Å². The highest BCUT2D eigenvalue weighted by Crippen LogP contribution is 2.14. The number of Topliss-reactive ketones (excluding diaryl/α,β-unsaturated/α-hetero) is 1. The van der Waals surface area contributed by atoms with Crippen molar-refractivity contribution in [2.24, 2.45) is 11.7 Å². The van der Waals surface area contributed by atoms with Gasteiger partial charge in [0.1, 0.15) is 0 Å². The van der Waals surface area contributed by atoms with E-state index in [0.29, 0.717) is 0 Å². The Hall–Kier alpha value is -0.860. The molecule has 0 amide bonds. The second-order valence-corrected chi connectivity index (χ2v) is 3.45. The van der Waals surface area contributed by atoms with Crippen LogP contribution in [-0.4, -0.2) is 5.78 Å². The summed E-state index contributed by atoms with van der Waals surface area (Å²) in [6.45, 7) is 3.73. The highest BCUT2D eigenvalue weighted by atomic mass is 35.5. The summed E-state index contributed by atoms with van der Waals surface area (Å²) in [5.41, 5.74) is 6.68. The number of nitrogens with two attached hydrogens (primary N) is 1. The minimum Gasteiger partial charge on any atom is -0.318 e. The highest BCUT2D eigenvalue weighted by molar-refractivity contribution is 5.86. The lowest BCUT2D eigenvalue weighted by Crippen LogP contribution is -2.25. The fourth-order valence-electron chi connectivity index (χ4n) is 1.18. The van der Waals surface area contributed by atoms with Crippen molar-refractivity contribution in [2.75, 3.05) is 0 Å². The van der Waals surface area contributed by atoms with Gasteiger partial charge in [0.25, 0.3) is 0 Å². The molecule has 3 heteroatoms. The Balaban J connectivity index is 0.00000169. The van der Waals surface area contributed by atoms with Crippen LogP contribution in [0.2, 0.25) is 0 Å². The average molecular weight is 214 g/mol. The number of benzene rings is 1. The molecule has 1 unspecified atom stereocenters. The maximum absolute atomic E-state index is 11.5. The van der Waals surface area contributed by atoms with Crippen molar-refractivity contribution in [1.29, 1.82) is 0 Å². The SMILES string of the molecule is CC(C)C(=O)C(N)c1ccccc1.Cl. The summed E-state index contributed by atoms with van der Waals surface area (Å²) in [6.07, 6.45) is 0. The van der Waals surface area contributed by atoms with Gasteiger partial charge in [0.05, 0.1) is 6.04 Å². The smallest absolute Gasteiger partial charge is 0.156 e. The van der Waals surface area contributed by atoms with Crippen LogP contribution in [0.15, 0.2) is 30.3 Å². The van der Waals surface area contributed by atoms with Crippen molar-refractivity contribution >= 4 is 18.2 Å². The molecule has 2 nitrogen and oxygen atoms in total. The molecule has 0 radical (unpaired) electrons. The van der Waals surface area contributed by atoms with E-state index in [0.717, 1.165) is 5.56 Å². The zero-order valence-corrected chi connectivity index (χ0v) is 9.25. The first-order valence-corrected chi connectivity index (χ1v) is 4.47. The molecule has 1 aromatic carbocycles. The maximum atomic E-state index is 11.5. The zero-order valence-electron chi connectivity index (χ0n) is 8.44. The molecule has 0 saturated heterocycles. The number of hydrogen-bond donors (Lipinski definition) is 1. The Kier molecular flexibility index (Phi) is 5.43. The molecular weight excluding hydrogens is 198 g/mol. The van der Waals surface area contributed by atoms with E-state index in [4.69, 9.17) is 5.73 Å². The van der Waals surface area contributed by atoms with Crippen LogP contribution in [0.25, 0.3) is 0 Å². The molecule has 1 aromatic rings. The molecule has 2 N–H and O–H groups in total. The van der Waals surface area contributed by atoms with Gasteiger partial charge in [0.2, 0.25) is 0 Å². The standard InChI is InChI=1S/C11H15NO.ClH/c1-8(2)11(13)10(12)9-6-4-3-5-7-9;/h3-8,10H,12H2,1-2H3;1H. The molecule has 0 aromatic heterocycles. The first-order chi connectivity index (χ1) is 6.13. The van der Waals surface area contributed by atoms with E-state index in [-0.39, 0.29) is 24.1 Å². The predicted molar refractivity (Wildman–Crippen MR) is 60.5 cm³/mol. The second-order valence-electron chi connectivity index (χ2n) is 3.45. The van der Waals surface area contributed by atoms with Crippen molar-refractivity contribution in [2.45, 2.75) is 19.9 Å². The molecule has 0 spiro atoms. The molecular formula is C11H16ClNO. The molecule has 0 aliphatic rings. The van der Waals surface area contributed by atoms with E-state index >= 15 is 0 Å². The summed E-state index contributed by atoms with van der Waals surface area (Å²) in [7, 11) is 0. The van der Waals surface area contributed by atoms with E-state index < -0.39 is 6.04 Å². The minimum absolute atomic E-state index is 0. The molecule has 0 heterocycles. The molecule has 1 atom stereocenters. The largest absolute Gasteiger partial charge is 0.318 e. The lowest BCUT2D eigenvalue weighted by molar-refractivity contribution is -0.123. The highest BCUT2D eigenvalue weighted by Gasteiger charge is 2.17. The van der Waals surface area contributed by atoms with Crippen LogP contribution in [0.5, 0.6) is 0 Å². The van der Waals surface area contributed by atoms with Crippen molar-refractivity contribution in [1.82, 2.24) is 0 Å². The Morgan fingerprint density at radius 1 is 1.21 bits per heavy atom. The molecule has 0 saturated carbocycles. The minimum atomic E-state index is -0.471. The number of carbonyl (C=O) groups excluding carboxylic acids is 1. The topological polar surface area (TPSA) is 43.1 Å². The van der Waals surface area contributed by atoms with Crippen molar-refractivity contribution in [3.05, 3.63) is 35.9 Å². The number of halogens is 1. The lowest BCUT2D eigenvalue weighted by Gasteiger charge is -2.12. The van der Waals surface area contributed by atoms with Crippen LogP contribution in [0.1, 0.15) is 25.5 Å². The van der Waals surface area contributed by atoms with Gasteiger partial charge in [-0.1, -0.05) is 44.2 Å². The third kappa shape index (κ3) is 3.13. The Morgan fingerprint density at radius 2 is 1.71 bits per heavy atom. The van der Waals surface area contributed by atoms with E-state index in [1.807, 2.05) is 44.2 Å². The van der Waals surface area contributed by atoms with Gasteiger partial charge in [0, 0.05) is 5.92 Å². The predicted octanol–water partition coefficient (Wildman–Crippen LogP) is 2.33. The van der Waals surface area contributed by atoms with E-state index in [1.165, 1.54) is 0 Å². The monoisotopic (exact) mass is 213 g/mol. The Bertz CT molecular complexity index is 285. The first kappa shape index (κ1) is 13.1. The molecule has 0 fully saturated rings. The maximum Gasteiger partial charge on any atom is 0.156 e. The normalized spacial score (nSPS) is 12.0. The van der Waals surface area contributed by atoms with Gasteiger partial charge in [-0.25, -0.2) is 0 Å². The zero-order chi connectivity index (χ0) is 9.84. The number of ketones is 1. The third-order valence-electron chi connectivity index (χ3n) is 2.03. The molecule has 14 heavy (non-hydrogen) atoms. The van der Waals surface area contributed by atoms with Crippen LogP contribution < -0.4 is 5.73 Å². The fraction of sp³-hybridized carbons (Fsp3) is 0.364. The summed E-state index contributed by atoms with van der Waals surface area (Å²) >= 11 is 0. The van der Waals surface area contributed by atoms with Crippen LogP contribution in [-0.2, 0) is 4.79 Å². The third-order valence-corrected chi connectivity index (χ3v) is 2.03. The average Bonchev–Trinajstić information content (AvgIpc) is 2.17. The second kappa shape index (κ2) is 5.78. The van der Waals surface area contributed by atoms with Gasteiger partial charge in [-0.3, -0.25) is 4.79 Å². The van der Waals surface area contributed by atoms with Gasteiger partial charge in [0.15, 0.2) is 5.78 Å². The molecule has 1 rings (SSSR count). The van der Waals surface area contributed by atoms with Gasteiger partial charge < -0.3 is 5.73 Å². The molecule has 0 bridgehead atoms. The van der Waals surface area contributed by atoms with Crippen LogP contribution >= 0.6 is 12.4 Å². The Morgan fingerprint density at radius 3 is 2.14 bits per heavy atom. The van der Waals surface area contributed by atoms with Crippen LogP contribution in [0.3, 0.4) is 0 Å². The van der Waals surface area contributed by atoms with Gasteiger partial charge in [-0.05, 0) is 5.56 Å². The van der Waals surface area contributed by atoms with Crippen molar-refractivity contribution < 1.29 is 4.79 Å². The fourth-order valence-corrected chi connectivity index (χ4v) is 1.18. The van der Waals surface area contributed by atoms with Crippen molar-refractivity contribution in [3.8, 4) is 0 Å². The van der Waals surface area contributed by atoms with Gasteiger partial charge in [-0.15, -0.1) is 12.4 Å². The number of hydrogen-bond acceptors (Lipinski definition) is 2. The van der Waals surface area contributed by atoms with E-state index in [2.05, 4.69) is 0 Å². The number of carbonyl (C=O) groups is 1. The summed E-state index contributed by atoms with van der Waals surface area (Å²) in [5, 5.41) is 0. The lowest BCUT2D eigenvalue weighted by atomic mass is 9.96. The van der Waals surface area contributed by atoms with E-state index in [9.17, 15) is 4.79 Å². The molecule has 0 aliphatic carbocycles. The van der Waals surface area contributed by atoms with Crippen LogP contribution in [0, 0.1) is 5.92 Å². The van der Waals surface area contributed by atoms with Crippen LogP contribution in [0.4, 0.5) is 0 Å². The quantitative estimate of drug-likeness (QED) is 0.838.